The summed E-state index contributed by atoms with van der Waals surface area (Å²) in [7, 11) is 0. The molecular weight excluding hydrogens is 140 g/mol. The van der Waals surface area contributed by atoms with Gasteiger partial charge in [-0.15, -0.1) is 0 Å². The van der Waals surface area contributed by atoms with Gasteiger partial charge in [0, 0.05) is 25.7 Å². The van der Waals surface area contributed by atoms with Gasteiger partial charge in [-0.1, -0.05) is 0 Å². The zero-order valence-electron chi connectivity index (χ0n) is 7.20. The summed E-state index contributed by atoms with van der Waals surface area (Å²) in [6, 6.07) is 0.599. The molecule has 11 heavy (non-hydrogen) atoms. The number of hydrogen-bond acceptors (Lipinski definition) is 3. The summed E-state index contributed by atoms with van der Waals surface area (Å²) in [5.41, 5.74) is 0. The zero-order valence-corrected chi connectivity index (χ0v) is 7.20. The molecule has 1 aliphatic rings. The zero-order chi connectivity index (χ0) is 8.85. The molecule has 0 aromatic heterocycles. The highest BCUT2D eigenvalue weighted by Crippen LogP contribution is 2.11. The van der Waals surface area contributed by atoms with E-state index in [2.05, 4.69) is 25.3 Å². The fourth-order valence-electron chi connectivity index (χ4n) is 1.24. The van der Waals surface area contributed by atoms with Gasteiger partial charge < -0.3 is 5.11 Å². The molecule has 0 aromatic carbocycles. The molecule has 1 unspecified atom stereocenters. The Morgan fingerprint density at radius 2 is 2.09 bits per heavy atom. The fourth-order valence-corrected chi connectivity index (χ4v) is 1.24. The molecule has 3 heteroatoms. The molecular formula is C8H16N2O. The van der Waals surface area contributed by atoms with E-state index in [1.165, 1.54) is 0 Å². The molecule has 3 nitrogen and oxygen atoms in total. The predicted molar refractivity (Wildman–Crippen MR) is 44.0 cm³/mol. The van der Waals surface area contributed by atoms with Gasteiger partial charge in [-0.3, -0.25) is 4.90 Å². The minimum atomic E-state index is -0.0626. The Morgan fingerprint density at radius 1 is 1.55 bits per heavy atom. The number of β-amino-alcohol motifs (C(OH)–C–C–N with tert-alkyl or cyclic N) is 1. The van der Waals surface area contributed by atoms with Crippen LogP contribution in [0.4, 0.5) is 0 Å². The van der Waals surface area contributed by atoms with Gasteiger partial charge in [0.25, 0.3) is 0 Å². The molecule has 1 atom stereocenters. The smallest absolute Gasteiger partial charge is 0.0679 e. The summed E-state index contributed by atoms with van der Waals surface area (Å²) in [4.78, 5) is 2.30. The Morgan fingerprint density at radius 3 is 2.27 bits per heavy atom. The Bertz CT molecular complexity index is 123. The van der Waals surface area contributed by atoms with E-state index < -0.39 is 0 Å². The van der Waals surface area contributed by atoms with Gasteiger partial charge >= 0.3 is 0 Å². The lowest BCUT2D eigenvalue weighted by molar-refractivity contribution is 0.166. The van der Waals surface area contributed by atoms with Gasteiger partial charge in [-0.25, -0.2) is 5.26 Å². The van der Waals surface area contributed by atoms with Crippen LogP contribution in [0.15, 0.2) is 0 Å². The van der Waals surface area contributed by atoms with Crippen molar-refractivity contribution < 1.29 is 5.11 Å². The van der Waals surface area contributed by atoms with Crippen molar-refractivity contribution in [2.24, 2.45) is 0 Å². The Balaban J connectivity index is 0.000000461. The molecule has 64 valence electrons. The fraction of sp³-hybridized carbons (Fsp3) is 0.875. The van der Waals surface area contributed by atoms with Crippen LogP contribution in [0, 0.1) is 11.8 Å². The van der Waals surface area contributed by atoms with E-state index in [9.17, 15) is 0 Å². The van der Waals surface area contributed by atoms with E-state index in [-0.39, 0.29) is 6.10 Å². The molecule has 0 saturated carbocycles. The van der Waals surface area contributed by atoms with Crippen LogP contribution in [0.25, 0.3) is 0 Å². The first-order valence-electron chi connectivity index (χ1n) is 3.88. The first-order chi connectivity index (χ1) is 5.20. The molecule has 0 bridgehead atoms. The van der Waals surface area contributed by atoms with Gasteiger partial charge in [-0.05, 0) is 20.3 Å². The van der Waals surface area contributed by atoms with Gasteiger partial charge in [0.1, 0.15) is 0 Å². The molecule has 1 saturated heterocycles. The summed E-state index contributed by atoms with van der Waals surface area (Å²) < 4.78 is 0. The van der Waals surface area contributed by atoms with Crippen LogP contribution in [0.5, 0.6) is 0 Å². The summed E-state index contributed by atoms with van der Waals surface area (Å²) in [5, 5.41) is 15.6. The van der Waals surface area contributed by atoms with Gasteiger partial charge in [0.05, 0.1) is 6.10 Å². The second kappa shape index (κ2) is 5.11. The van der Waals surface area contributed by atoms with Crippen LogP contribution in [-0.4, -0.2) is 35.2 Å². The van der Waals surface area contributed by atoms with Gasteiger partial charge in [-0.2, -0.15) is 0 Å². The number of rotatable bonds is 1. The Labute approximate surface area is 68.2 Å². The Hall–Kier alpha value is -0.590. The standard InChI is InChI=1S/C7H15NO.CHN/c1-6(2)8-4-3-7(9)5-8;1-2/h6-7,9H,3-5H2,1-2H3;1H. The first-order valence-corrected chi connectivity index (χ1v) is 3.88. The molecule has 1 N–H and O–H groups in total. The van der Waals surface area contributed by atoms with Crippen molar-refractivity contribution in [2.75, 3.05) is 13.1 Å². The van der Waals surface area contributed by atoms with Crippen LogP contribution in [-0.2, 0) is 0 Å². The first kappa shape index (κ1) is 10.4. The maximum atomic E-state index is 9.11. The minimum Gasteiger partial charge on any atom is -0.392 e. The van der Waals surface area contributed by atoms with E-state index in [1.54, 1.807) is 0 Å². The molecule has 0 aliphatic carbocycles. The third-order valence-corrected chi connectivity index (χ3v) is 1.93. The lowest BCUT2D eigenvalue weighted by Crippen LogP contribution is -2.28. The quantitative estimate of drug-likeness (QED) is 0.604. The number of aliphatic hydroxyl groups is 1. The van der Waals surface area contributed by atoms with Crippen molar-refractivity contribution in [3.8, 4) is 6.57 Å². The summed E-state index contributed by atoms with van der Waals surface area (Å²) in [6.07, 6.45) is 0.894. The normalized spacial score (nSPS) is 24.7. The number of likely N-dealkylation sites (tertiary alicyclic amines) is 1. The second-order valence-electron chi connectivity index (χ2n) is 3.03. The van der Waals surface area contributed by atoms with E-state index >= 15 is 0 Å². The highest BCUT2D eigenvalue weighted by atomic mass is 16.3. The molecule has 1 fully saturated rings. The molecule has 0 radical (unpaired) electrons. The third kappa shape index (κ3) is 3.35. The number of aliphatic hydroxyl groups excluding tert-OH is 1. The van der Waals surface area contributed by atoms with Crippen LogP contribution in [0.1, 0.15) is 20.3 Å². The van der Waals surface area contributed by atoms with Crippen LogP contribution in [0.2, 0.25) is 0 Å². The van der Waals surface area contributed by atoms with E-state index in [0.717, 1.165) is 19.5 Å². The molecule has 0 aromatic rings. The number of hydrogen-bond donors (Lipinski definition) is 1. The molecule has 1 heterocycles. The molecule has 1 aliphatic heterocycles. The monoisotopic (exact) mass is 156 g/mol. The van der Waals surface area contributed by atoms with Gasteiger partial charge in [0.15, 0.2) is 0 Å². The second-order valence-corrected chi connectivity index (χ2v) is 3.03. The van der Waals surface area contributed by atoms with Crippen LogP contribution < -0.4 is 0 Å². The third-order valence-electron chi connectivity index (χ3n) is 1.93. The van der Waals surface area contributed by atoms with Crippen molar-refractivity contribution in [1.29, 1.82) is 5.26 Å². The van der Waals surface area contributed by atoms with Crippen LogP contribution >= 0.6 is 0 Å². The molecule has 0 amide bonds. The summed E-state index contributed by atoms with van der Waals surface area (Å²) in [5.74, 6) is 0. The lowest BCUT2D eigenvalue weighted by atomic mass is 10.3. The van der Waals surface area contributed by atoms with Crippen molar-refractivity contribution in [1.82, 2.24) is 4.90 Å². The van der Waals surface area contributed by atoms with E-state index in [4.69, 9.17) is 10.4 Å². The summed E-state index contributed by atoms with van der Waals surface area (Å²) >= 11 is 0. The Kier molecular flexibility index (Phi) is 4.84. The maximum absolute atomic E-state index is 9.11. The largest absolute Gasteiger partial charge is 0.392 e. The SMILES string of the molecule is C#N.CC(C)N1CCC(O)C1. The molecule has 0 spiro atoms. The average Bonchev–Trinajstić information content (AvgIpc) is 2.40. The van der Waals surface area contributed by atoms with Crippen molar-refractivity contribution >= 4 is 0 Å². The van der Waals surface area contributed by atoms with Crippen LogP contribution in [0.3, 0.4) is 0 Å². The average molecular weight is 156 g/mol. The highest BCUT2D eigenvalue weighted by molar-refractivity contribution is 4.76. The van der Waals surface area contributed by atoms with Crippen molar-refractivity contribution in [3.63, 3.8) is 0 Å². The number of nitriles is 1. The van der Waals surface area contributed by atoms with Gasteiger partial charge in [0.2, 0.25) is 0 Å². The van der Waals surface area contributed by atoms with E-state index in [0.29, 0.717) is 6.04 Å². The van der Waals surface area contributed by atoms with Crippen molar-refractivity contribution in [3.05, 3.63) is 0 Å². The number of nitrogens with zero attached hydrogens (tertiary/aromatic N) is 2. The predicted octanol–water partition coefficient (Wildman–Crippen LogP) is 0.601. The topological polar surface area (TPSA) is 47.3 Å². The molecule has 1 rings (SSSR count). The summed E-state index contributed by atoms with van der Waals surface area (Å²) in [6.45, 7) is 9.77. The van der Waals surface area contributed by atoms with E-state index in [1.807, 2.05) is 0 Å². The maximum Gasteiger partial charge on any atom is 0.0679 e. The van der Waals surface area contributed by atoms with Crippen molar-refractivity contribution in [2.45, 2.75) is 32.4 Å². The minimum absolute atomic E-state index is 0.0626. The lowest BCUT2D eigenvalue weighted by Gasteiger charge is -2.18. The highest BCUT2D eigenvalue weighted by Gasteiger charge is 2.21.